The first-order valence-corrected chi connectivity index (χ1v) is 8.72. The molecule has 132 valence electrons. The lowest BCUT2D eigenvalue weighted by Crippen LogP contribution is -2.27. The fourth-order valence-corrected chi connectivity index (χ4v) is 2.77. The average Bonchev–Trinajstić information content (AvgIpc) is 2.63. The first kappa shape index (κ1) is 19.1. The van der Waals surface area contributed by atoms with Crippen molar-refractivity contribution in [2.24, 2.45) is 0 Å². The first-order valence-electron chi connectivity index (χ1n) is 7.93. The second-order valence-electron chi connectivity index (χ2n) is 5.59. The van der Waals surface area contributed by atoms with Crippen molar-refractivity contribution in [3.63, 3.8) is 0 Å². The van der Waals surface area contributed by atoms with E-state index in [1.165, 1.54) is 0 Å². The van der Waals surface area contributed by atoms with Crippen molar-refractivity contribution in [2.75, 3.05) is 27.8 Å². The standard InChI is InChI=1S/C20H22BrNO3/c1-22(20(23)10-8-15-5-4-6-17(21)13-15)12-11-16-7-9-18(24-2)19(14-16)25-3/h4-10,13-14H,11-12H2,1-3H3/b10-8+. The predicted molar refractivity (Wildman–Crippen MR) is 104 cm³/mol. The minimum atomic E-state index is -0.0274. The second kappa shape index (κ2) is 9.28. The summed E-state index contributed by atoms with van der Waals surface area (Å²) in [6.07, 6.45) is 4.16. The number of benzene rings is 2. The maximum Gasteiger partial charge on any atom is 0.246 e. The van der Waals surface area contributed by atoms with Crippen LogP contribution in [-0.2, 0) is 11.2 Å². The molecular formula is C20H22BrNO3. The summed E-state index contributed by atoms with van der Waals surface area (Å²) < 4.78 is 11.5. The zero-order chi connectivity index (χ0) is 18.2. The van der Waals surface area contributed by atoms with E-state index in [4.69, 9.17) is 9.47 Å². The SMILES string of the molecule is COc1ccc(CCN(C)C(=O)/C=C/c2cccc(Br)c2)cc1OC. The van der Waals surface area contributed by atoms with Crippen molar-refractivity contribution in [1.29, 1.82) is 0 Å². The number of likely N-dealkylation sites (N-methyl/N-ethyl adjacent to an activating group) is 1. The van der Waals surface area contributed by atoms with Crippen LogP contribution in [-0.4, -0.2) is 38.6 Å². The molecule has 0 heterocycles. The van der Waals surface area contributed by atoms with Crippen LogP contribution in [0, 0.1) is 0 Å². The van der Waals surface area contributed by atoms with Gasteiger partial charge in [0.15, 0.2) is 11.5 Å². The minimum absolute atomic E-state index is 0.0274. The van der Waals surface area contributed by atoms with Crippen LogP contribution in [0.25, 0.3) is 6.08 Å². The van der Waals surface area contributed by atoms with Crippen LogP contribution in [0.3, 0.4) is 0 Å². The quantitative estimate of drug-likeness (QED) is 0.650. The fraction of sp³-hybridized carbons (Fsp3) is 0.250. The highest BCUT2D eigenvalue weighted by molar-refractivity contribution is 9.10. The lowest BCUT2D eigenvalue weighted by atomic mass is 10.1. The summed E-state index contributed by atoms with van der Waals surface area (Å²) in [7, 11) is 5.03. The van der Waals surface area contributed by atoms with Gasteiger partial charge in [-0.2, -0.15) is 0 Å². The summed E-state index contributed by atoms with van der Waals surface area (Å²) in [5, 5.41) is 0. The Bertz CT molecular complexity index is 758. The normalized spacial score (nSPS) is 10.7. The van der Waals surface area contributed by atoms with E-state index >= 15 is 0 Å². The van der Waals surface area contributed by atoms with Crippen LogP contribution in [0.4, 0.5) is 0 Å². The van der Waals surface area contributed by atoms with E-state index in [1.807, 2.05) is 48.5 Å². The van der Waals surface area contributed by atoms with Gasteiger partial charge in [-0.25, -0.2) is 0 Å². The van der Waals surface area contributed by atoms with Crippen LogP contribution >= 0.6 is 15.9 Å². The van der Waals surface area contributed by atoms with Gasteiger partial charge in [-0.05, 0) is 47.9 Å². The second-order valence-corrected chi connectivity index (χ2v) is 6.50. The van der Waals surface area contributed by atoms with Crippen molar-refractivity contribution in [2.45, 2.75) is 6.42 Å². The van der Waals surface area contributed by atoms with Gasteiger partial charge in [0.05, 0.1) is 14.2 Å². The molecule has 0 unspecified atom stereocenters. The molecule has 0 saturated heterocycles. The number of hydrogen-bond donors (Lipinski definition) is 0. The van der Waals surface area contributed by atoms with E-state index in [9.17, 15) is 4.79 Å². The van der Waals surface area contributed by atoms with Gasteiger partial charge in [0, 0.05) is 24.1 Å². The summed E-state index contributed by atoms with van der Waals surface area (Å²) in [5.74, 6) is 1.37. The van der Waals surface area contributed by atoms with Gasteiger partial charge in [0.1, 0.15) is 0 Å². The van der Waals surface area contributed by atoms with Crippen molar-refractivity contribution < 1.29 is 14.3 Å². The van der Waals surface area contributed by atoms with Crippen LogP contribution in [0.15, 0.2) is 53.0 Å². The zero-order valence-electron chi connectivity index (χ0n) is 14.7. The number of methoxy groups -OCH3 is 2. The van der Waals surface area contributed by atoms with E-state index in [-0.39, 0.29) is 5.91 Å². The fourth-order valence-electron chi connectivity index (χ4n) is 2.35. The molecule has 5 heteroatoms. The zero-order valence-corrected chi connectivity index (χ0v) is 16.2. The van der Waals surface area contributed by atoms with Gasteiger partial charge in [0.25, 0.3) is 0 Å². The Hall–Kier alpha value is -2.27. The molecule has 2 rings (SSSR count). The molecule has 0 fully saturated rings. The number of hydrogen-bond acceptors (Lipinski definition) is 3. The lowest BCUT2D eigenvalue weighted by Gasteiger charge is -2.16. The molecule has 0 atom stereocenters. The maximum atomic E-state index is 12.2. The molecule has 0 saturated carbocycles. The smallest absolute Gasteiger partial charge is 0.246 e. The van der Waals surface area contributed by atoms with Crippen LogP contribution < -0.4 is 9.47 Å². The number of rotatable bonds is 7. The van der Waals surface area contributed by atoms with Gasteiger partial charge in [-0.1, -0.05) is 34.1 Å². The number of carbonyl (C=O) groups excluding carboxylic acids is 1. The topological polar surface area (TPSA) is 38.8 Å². The molecule has 1 amide bonds. The number of ether oxygens (including phenoxy) is 2. The van der Waals surface area contributed by atoms with E-state index in [0.717, 1.165) is 22.0 Å². The van der Waals surface area contributed by atoms with E-state index < -0.39 is 0 Å². The highest BCUT2D eigenvalue weighted by Gasteiger charge is 2.08. The Labute approximate surface area is 157 Å². The Morgan fingerprint density at radius 3 is 2.56 bits per heavy atom. The Balaban J connectivity index is 1.93. The molecule has 0 aliphatic rings. The highest BCUT2D eigenvalue weighted by atomic mass is 79.9. The molecule has 0 N–H and O–H groups in total. The largest absolute Gasteiger partial charge is 0.493 e. The molecule has 0 aliphatic heterocycles. The molecule has 25 heavy (non-hydrogen) atoms. The minimum Gasteiger partial charge on any atom is -0.493 e. The van der Waals surface area contributed by atoms with E-state index in [2.05, 4.69) is 15.9 Å². The predicted octanol–water partition coefficient (Wildman–Crippen LogP) is 4.18. The summed E-state index contributed by atoms with van der Waals surface area (Å²) >= 11 is 3.42. The molecule has 2 aromatic carbocycles. The molecule has 0 bridgehead atoms. The van der Waals surface area contributed by atoms with Crippen molar-refractivity contribution in [3.05, 3.63) is 64.1 Å². The Morgan fingerprint density at radius 2 is 1.88 bits per heavy atom. The first-order chi connectivity index (χ1) is 12.0. The number of carbonyl (C=O) groups is 1. The van der Waals surface area contributed by atoms with Crippen molar-refractivity contribution >= 4 is 27.9 Å². The molecule has 4 nitrogen and oxygen atoms in total. The van der Waals surface area contributed by atoms with Crippen LogP contribution in [0.2, 0.25) is 0 Å². The third kappa shape index (κ3) is 5.64. The number of amides is 1. The van der Waals surface area contributed by atoms with Crippen molar-refractivity contribution in [1.82, 2.24) is 4.90 Å². The molecule has 2 aromatic rings. The summed E-state index contributed by atoms with van der Waals surface area (Å²) in [6, 6.07) is 13.6. The van der Waals surface area contributed by atoms with Crippen LogP contribution in [0.5, 0.6) is 11.5 Å². The number of halogens is 1. The molecule has 0 aliphatic carbocycles. The third-order valence-corrected chi connectivity index (χ3v) is 4.32. The van der Waals surface area contributed by atoms with Gasteiger partial charge in [-0.15, -0.1) is 0 Å². The summed E-state index contributed by atoms with van der Waals surface area (Å²) in [4.78, 5) is 13.9. The van der Waals surface area contributed by atoms with Gasteiger partial charge in [0.2, 0.25) is 5.91 Å². The Morgan fingerprint density at radius 1 is 1.12 bits per heavy atom. The number of nitrogens with zero attached hydrogens (tertiary/aromatic N) is 1. The average molecular weight is 404 g/mol. The molecular weight excluding hydrogens is 382 g/mol. The molecule has 0 radical (unpaired) electrons. The van der Waals surface area contributed by atoms with Crippen molar-refractivity contribution in [3.8, 4) is 11.5 Å². The molecule has 0 aromatic heterocycles. The third-order valence-electron chi connectivity index (χ3n) is 3.83. The highest BCUT2D eigenvalue weighted by Crippen LogP contribution is 2.27. The van der Waals surface area contributed by atoms with Crippen LogP contribution in [0.1, 0.15) is 11.1 Å². The summed E-state index contributed by atoms with van der Waals surface area (Å²) in [5.41, 5.74) is 2.07. The van der Waals surface area contributed by atoms with E-state index in [0.29, 0.717) is 18.0 Å². The Kier molecular flexibility index (Phi) is 7.07. The molecule has 0 spiro atoms. The monoisotopic (exact) mass is 403 g/mol. The van der Waals surface area contributed by atoms with Gasteiger partial charge < -0.3 is 14.4 Å². The van der Waals surface area contributed by atoms with E-state index in [1.54, 1.807) is 32.2 Å². The van der Waals surface area contributed by atoms with Gasteiger partial charge in [-0.3, -0.25) is 4.79 Å². The maximum absolute atomic E-state index is 12.2. The van der Waals surface area contributed by atoms with Gasteiger partial charge >= 0.3 is 0 Å². The lowest BCUT2D eigenvalue weighted by molar-refractivity contribution is -0.124. The summed E-state index contributed by atoms with van der Waals surface area (Å²) in [6.45, 7) is 0.622.